The lowest BCUT2D eigenvalue weighted by atomic mass is 9.85. The fourth-order valence-corrected chi connectivity index (χ4v) is 8.71. The second kappa shape index (κ2) is 21.1. The number of rotatable bonds is 16. The van der Waals surface area contributed by atoms with Gasteiger partial charge in [0.25, 0.3) is 0 Å². The van der Waals surface area contributed by atoms with E-state index in [1.54, 1.807) is 56.6 Å². The minimum Gasteiger partial charge on any atom is -0.507 e. The van der Waals surface area contributed by atoms with Gasteiger partial charge in [-0.3, -0.25) is 24.0 Å². The highest BCUT2D eigenvalue weighted by Gasteiger charge is 2.43. The van der Waals surface area contributed by atoms with Crippen molar-refractivity contribution in [2.24, 2.45) is 5.41 Å². The van der Waals surface area contributed by atoms with E-state index in [4.69, 9.17) is 9.47 Å². The number of nitrogens with zero attached hydrogens (tertiary/aromatic N) is 6. The molecule has 364 valence electrons. The summed E-state index contributed by atoms with van der Waals surface area (Å²) >= 11 is 0. The summed E-state index contributed by atoms with van der Waals surface area (Å²) in [6, 6.07) is 6.00. The smallest absolute Gasteiger partial charge is 0.355 e. The van der Waals surface area contributed by atoms with E-state index < -0.39 is 82.3 Å². The van der Waals surface area contributed by atoms with E-state index in [9.17, 15) is 39.0 Å². The monoisotopic (exact) mass is 944 g/mol. The molecule has 2 aromatic heterocycles. The molecule has 0 unspecified atom stereocenters. The SMILES string of the molecule is C=CC(=O)N1CCN(c2nc(=O)n(-c3c(C)cc(CNC(=O)COCCOCC(=O)N[C@H](C(=O)N4C[C@H](O)C[C@H]4C(C)=O)C(C)(C)C)cc3C)c3nc(-c4c(O)cccc4F)c(F)cc23)[C@@H](C)C1. The molecule has 4 heterocycles. The van der Waals surface area contributed by atoms with E-state index >= 15 is 8.78 Å². The number of ether oxygens (including phenoxy) is 2. The van der Waals surface area contributed by atoms with E-state index in [1.165, 1.54) is 34.6 Å². The number of β-amino-alcohol motifs (C(OH)–C–C–N with tert-alkyl or cyclic N) is 1. The van der Waals surface area contributed by atoms with Crippen molar-refractivity contribution in [3.05, 3.63) is 87.9 Å². The summed E-state index contributed by atoms with van der Waals surface area (Å²) in [7, 11) is 0. The molecule has 2 aliphatic heterocycles. The summed E-state index contributed by atoms with van der Waals surface area (Å²) in [5, 5.41) is 26.3. The lowest BCUT2D eigenvalue weighted by Crippen LogP contribution is -2.57. The maximum absolute atomic E-state index is 16.1. The number of phenols is 1. The van der Waals surface area contributed by atoms with Gasteiger partial charge < -0.3 is 45.0 Å². The van der Waals surface area contributed by atoms with Gasteiger partial charge in [0, 0.05) is 45.2 Å². The van der Waals surface area contributed by atoms with Gasteiger partial charge in [-0.2, -0.15) is 4.98 Å². The fraction of sp³-hybridized carbons (Fsp3) is 0.458. The zero-order valence-corrected chi connectivity index (χ0v) is 39.2. The Morgan fingerprint density at radius 3 is 2.24 bits per heavy atom. The first-order chi connectivity index (χ1) is 32.1. The van der Waals surface area contributed by atoms with Gasteiger partial charge in [-0.05, 0) is 74.1 Å². The molecule has 4 N–H and O–H groups in total. The molecule has 68 heavy (non-hydrogen) atoms. The predicted molar refractivity (Wildman–Crippen MR) is 247 cm³/mol. The number of likely N-dealkylation sites (tertiary alicyclic amines) is 1. The van der Waals surface area contributed by atoms with Gasteiger partial charge in [0.1, 0.15) is 42.3 Å². The van der Waals surface area contributed by atoms with Crippen molar-refractivity contribution in [2.75, 3.05) is 57.5 Å². The van der Waals surface area contributed by atoms with Crippen molar-refractivity contribution in [1.29, 1.82) is 0 Å². The number of Topliss-reactive ketones (excluding diaryl/α,β-unsaturated/α-hetero) is 1. The summed E-state index contributed by atoms with van der Waals surface area (Å²) in [6.07, 6.45) is 0.517. The number of aliphatic hydroxyl groups is 1. The van der Waals surface area contributed by atoms with E-state index in [-0.39, 0.29) is 93.5 Å². The van der Waals surface area contributed by atoms with Crippen molar-refractivity contribution in [3.8, 4) is 22.7 Å². The van der Waals surface area contributed by atoms with Crippen LogP contribution in [-0.4, -0.2) is 141 Å². The molecule has 2 aliphatic rings. The molecule has 2 aromatic carbocycles. The molecule has 0 radical (unpaired) electrons. The molecule has 4 atom stereocenters. The van der Waals surface area contributed by atoms with Crippen LogP contribution in [0.25, 0.3) is 28.0 Å². The third kappa shape index (κ3) is 11.2. The Morgan fingerprint density at radius 2 is 1.63 bits per heavy atom. The number of carbonyl (C=O) groups is 5. The van der Waals surface area contributed by atoms with Gasteiger partial charge in [0.05, 0.1) is 42.0 Å². The number of phenolic OH excluding ortho intramolecular Hbond substituents is 1. The number of pyridine rings is 1. The van der Waals surface area contributed by atoms with Crippen molar-refractivity contribution in [3.63, 3.8) is 0 Å². The van der Waals surface area contributed by atoms with E-state index in [0.29, 0.717) is 22.4 Å². The number of aromatic hydroxyl groups is 1. The van der Waals surface area contributed by atoms with E-state index in [0.717, 1.165) is 12.1 Å². The number of benzene rings is 2. The lowest BCUT2D eigenvalue weighted by molar-refractivity contribution is -0.144. The van der Waals surface area contributed by atoms with E-state index in [1.807, 2.05) is 6.92 Å². The first kappa shape index (κ1) is 50.8. The molecule has 20 heteroatoms. The largest absolute Gasteiger partial charge is 0.507 e. The van der Waals surface area contributed by atoms with Crippen molar-refractivity contribution < 1.29 is 52.4 Å². The molecule has 0 aliphatic carbocycles. The van der Waals surface area contributed by atoms with Gasteiger partial charge >= 0.3 is 5.69 Å². The van der Waals surface area contributed by atoms with Crippen molar-refractivity contribution >= 4 is 46.3 Å². The average molecular weight is 945 g/mol. The van der Waals surface area contributed by atoms with Crippen LogP contribution in [-0.2, 0) is 40.0 Å². The quantitative estimate of drug-likeness (QED) is 0.0938. The van der Waals surface area contributed by atoms with Crippen molar-refractivity contribution in [2.45, 2.75) is 85.7 Å². The Balaban J connectivity index is 1.11. The van der Waals surface area contributed by atoms with Gasteiger partial charge in [0.2, 0.25) is 23.6 Å². The number of aryl methyl sites for hydroxylation is 2. The molecular formula is C48H58F2N8O10. The number of aromatic nitrogens is 3. The van der Waals surface area contributed by atoms with Gasteiger partial charge in [-0.15, -0.1) is 0 Å². The van der Waals surface area contributed by atoms with Crippen LogP contribution in [0, 0.1) is 30.9 Å². The van der Waals surface area contributed by atoms with Gasteiger partial charge in [0.15, 0.2) is 17.2 Å². The summed E-state index contributed by atoms with van der Waals surface area (Å²) in [6.45, 7) is 15.6. The summed E-state index contributed by atoms with van der Waals surface area (Å²) in [5.74, 6) is -4.34. The van der Waals surface area contributed by atoms with Crippen LogP contribution in [0.4, 0.5) is 14.6 Å². The van der Waals surface area contributed by atoms with Crippen LogP contribution < -0.4 is 21.2 Å². The maximum atomic E-state index is 16.1. The molecule has 4 aromatic rings. The number of carbonyl (C=O) groups excluding carboxylic acids is 5. The topological polar surface area (TPSA) is 226 Å². The molecule has 0 saturated carbocycles. The normalized spacial score (nSPS) is 17.9. The van der Waals surface area contributed by atoms with Crippen LogP contribution in [0.15, 0.2) is 53.8 Å². The van der Waals surface area contributed by atoms with Crippen LogP contribution in [0.2, 0.25) is 0 Å². The number of piperazine rings is 1. The Hall–Kier alpha value is -6.64. The number of aliphatic hydroxyl groups excluding tert-OH is 1. The zero-order valence-electron chi connectivity index (χ0n) is 39.2. The molecular weight excluding hydrogens is 887 g/mol. The number of halogens is 2. The molecule has 6 rings (SSSR count). The first-order valence-electron chi connectivity index (χ1n) is 22.2. The van der Waals surface area contributed by atoms with Gasteiger partial charge in [-0.1, -0.05) is 45.5 Å². The predicted octanol–water partition coefficient (Wildman–Crippen LogP) is 3.00. The number of anilines is 1. The number of hydrogen-bond donors (Lipinski definition) is 4. The molecule has 0 spiro atoms. The van der Waals surface area contributed by atoms with Crippen molar-refractivity contribution in [1.82, 2.24) is 35.0 Å². The summed E-state index contributed by atoms with van der Waals surface area (Å²) < 4.78 is 43.4. The lowest BCUT2D eigenvalue weighted by Gasteiger charge is -2.40. The van der Waals surface area contributed by atoms with Crippen LogP contribution in [0.3, 0.4) is 0 Å². The highest BCUT2D eigenvalue weighted by molar-refractivity contribution is 5.94. The van der Waals surface area contributed by atoms with Crippen LogP contribution in [0.5, 0.6) is 5.75 Å². The zero-order chi connectivity index (χ0) is 49.8. The Kier molecular flexibility index (Phi) is 15.8. The Labute approximate surface area is 391 Å². The minimum atomic E-state index is -0.987. The molecule has 4 amide bonds. The standard InChI is InChI=1S/C48H58F2N8O10/c1-9-39(64)55-13-14-56(28(4)22-55)44-32-20-34(50)41(40-33(49)11-10-12-36(40)61)53-45(32)58(47(66)54-44)42-26(2)17-30(18-27(42)3)21-51-37(62)24-67-15-16-68-25-38(63)52-43(48(6,7)8)46(65)57-23-31(60)19-35(57)29(5)59/h9-12,17-18,20,28,31,35,43,60-61H,1,13-16,19,21-25H2,2-8H3,(H,51,62)(H,52,63)/t28-,31+,35-,43+/m0/s1. The molecule has 18 nitrogen and oxygen atoms in total. The second-order valence-electron chi connectivity index (χ2n) is 18.2. The molecule has 2 fully saturated rings. The average Bonchev–Trinajstić information content (AvgIpc) is 3.67. The Morgan fingerprint density at radius 1 is 0.971 bits per heavy atom. The molecule has 0 bridgehead atoms. The first-order valence-corrected chi connectivity index (χ1v) is 22.2. The minimum absolute atomic E-state index is 0.00840. The van der Waals surface area contributed by atoms with Gasteiger partial charge in [-0.25, -0.2) is 23.1 Å². The number of ketones is 1. The summed E-state index contributed by atoms with van der Waals surface area (Å²) in [4.78, 5) is 91.5. The number of amides is 4. The third-order valence-corrected chi connectivity index (χ3v) is 12.0. The number of fused-ring (bicyclic) bond motifs is 1. The number of hydrogen-bond acceptors (Lipinski definition) is 13. The Bertz CT molecular complexity index is 2640. The second-order valence-corrected chi connectivity index (χ2v) is 18.2. The highest BCUT2D eigenvalue weighted by Crippen LogP contribution is 2.37. The highest BCUT2D eigenvalue weighted by atomic mass is 19.1. The number of nitrogens with one attached hydrogen (secondary N) is 2. The molecule has 2 saturated heterocycles. The fourth-order valence-electron chi connectivity index (χ4n) is 8.71. The van der Waals surface area contributed by atoms with Crippen LogP contribution >= 0.6 is 0 Å². The van der Waals surface area contributed by atoms with Crippen LogP contribution in [0.1, 0.15) is 57.7 Å². The third-order valence-electron chi connectivity index (χ3n) is 12.0. The van der Waals surface area contributed by atoms with E-state index in [2.05, 4.69) is 27.2 Å². The maximum Gasteiger partial charge on any atom is 0.355 e. The summed E-state index contributed by atoms with van der Waals surface area (Å²) in [5.41, 5.74) is -0.417.